The van der Waals surface area contributed by atoms with Gasteiger partial charge in [0.2, 0.25) is 0 Å². The van der Waals surface area contributed by atoms with Crippen molar-refractivity contribution in [2.45, 2.75) is 57.0 Å². The first-order valence-corrected chi connectivity index (χ1v) is 8.69. The van der Waals surface area contributed by atoms with Crippen LogP contribution in [0.4, 0.5) is 10.5 Å². The molecular weight excluding hydrogens is 314 g/mol. The van der Waals surface area contributed by atoms with Crippen molar-refractivity contribution >= 4 is 29.5 Å². The van der Waals surface area contributed by atoms with Gasteiger partial charge in [-0.2, -0.15) is 0 Å². The molecule has 0 aliphatic carbocycles. The Labute approximate surface area is 141 Å². The zero-order chi connectivity index (χ0) is 17.3. The van der Waals surface area contributed by atoms with Gasteiger partial charge in [0.25, 0.3) is 0 Å². The SMILES string of the molecule is CC(C)(C)OC(=O)Nc1cccc(SCCCCCC(=O)O)c1. The smallest absolute Gasteiger partial charge is 0.412 e. The number of carboxylic acid groups (broad SMARTS) is 1. The average Bonchev–Trinajstić information content (AvgIpc) is 2.40. The number of nitrogens with one attached hydrogen (secondary N) is 1. The van der Waals surface area contributed by atoms with E-state index in [1.807, 2.05) is 45.0 Å². The largest absolute Gasteiger partial charge is 0.481 e. The molecule has 1 amide bonds. The first kappa shape index (κ1) is 19.4. The van der Waals surface area contributed by atoms with Crippen LogP contribution in [0.15, 0.2) is 29.2 Å². The van der Waals surface area contributed by atoms with Crippen molar-refractivity contribution in [3.63, 3.8) is 0 Å². The highest BCUT2D eigenvalue weighted by molar-refractivity contribution is 7.99. The number of benzene rings is 1. The molecule has 0 aliphatic heterocycles. The summed E-state index contributed by atoms with van der Waals surface area (Å²) in [5, 5.41) is 11.3. The molecular formula is C17H25NO4S. The zero-order valence-electron chi connectivity index (χ0n) is 13.9. The van der Waals surface area contributed by atoms with Crippen LogP contribution >= 0.6 is 11.8 Å². The summed E-state index contributed by atoms with van der Waals surface area (Å²) in [7, 11) is 0. The maximum atomic E-state index is 11.7. The maximum Gasteiger partial charge on any atom is 0.412 e. The lowest BCUT2D eigenvalue weighted by molar-refractivity contribution is -0.137. The highest BCUT2D eigenvalue weighted by Crippen LogP contribution is 2.23. The first-order valence-electron chi connectivity index (χ1n) is 7.71. The van der Waals surface area contributed by atoms with Crippen LogP contribution < -0.4 is 5.32 Å². The summed E-state index contributed by atoms with van der Waals surface area (Å²) in [5.41, 5.74) is 0.182. The minimum absolute atomic E-state index is 0.236. The average molecular weight is 339 g/mol. The molecule has 0 fully saturated rings. The molecule has 0 saturated carbocycles. The van der Waals surface area contributed by atoms with E-state index in [-0.39, 0.29) is 6.42 Å². The fourth-order valence-corrected chi connectivity index (χ4v) is 2.80. The molecule has 1 aromatic carbocycles. The Bertz CT molecular complexity index is 526. The molecule has 0 aromatic heterocycles. The van der Waals surface area contributed by atoms with E-state index in [1.54, 1.807) is 11.8 Å². The van der Waals surface area contributed by atoms with Crippen molar-refractivity contribution in [2.24, 2.45) is 0 Å². The number of hydrogen-bond donors (Lipinski definition) is 2. The number of unbranched alkanes of at least 4 members (excludes halogenated alkanes) is 2. The second-order valence-corrected chi connectivity index (χ2v) is 7.38. The molecule has 1 aromatic rings. The Morgan fingerprint density at radius 2 is 1.96 bits per heavy atom. The lowest BCUT2D eigenvalue weighted by Gasteiger charge is -2.19. The molecule has 0 bridgehead atoms. The fourth-order valence-electron chi connectivity index (χ4n) is 1.83. The third-order valence-corrected chi connectivity index (χ3v) is 3.86. The molecule has 6 heteroatoms. The molecule has 1 rings (SSSR count). The van der Waals surface area contributed by atoms with Crippen molar-refractivity contribution in [3.8, 4) is 0 Å². The summed E-state index contributed by atoms with van der Waals surface area (Å²) in [5.74, 6) is 0.189. The normalized spacial score (nSPS) is 11.1. The van der Waals surface area contributed by atoms with E-state index < -0.39 is 17.7 Å². The number of ether oxygens (including phenoxy) is 1. The third kappa shape index (κ3) is 9.84. The molecule has 0 spiro atoms. The number of carbonyl (C=O) groups is 2. The van der Waals surface area contributed by atoms with E-state index >= 15 is 0 Å². The molecule has 0 aliphatic rings. The van der Waals surface area contributed by atoms with Gasteiger partial charge in [0, 0.05) is 17.0 Å². The zero-order valence-corrected chi connectivity index (χ0v) is 14.7. The Kier molecular flexibility index (Phi) is 7.95. The highest BCUT2D eigenvalue weighted by atomic mass is 32.2. The van der Waals surface area contributed by atoms with Crippen molar-refractivity contribution < 1.29 is 19.4 Å². The molecule has 0 heterocycles. The quantitative estimate of drug-likeness (QED) is 0.527. The molecule has 0 radical (unpaired) electrons. The lowest BCUT2D eigenvalue weighted by atomic mass is 10.2. The van der Waals surface area contributed by atoms with Crippen LogP contribution in [0.2, 0.25) is 0 Å². The van der Waals surface area contributed by atoms with E-state index in [0.29, 0.717) is 5.69 Å². The van der Waals surface area contributed by atoms with Crippen LogP contribution in [0.1, 0.15) is 46.5 Å². The van der Waals surface area contributed by atoms with Crippen LogP contribution in [0.3, 0.4) is 0 Å². The number of carbonyl (C=O) groups excluding carboxylic acids is 1. The third-order valence-electron chi connectivity index (χ3n) is 2.78. The van der Waals surface area contributed by atoms with Crippen LogP contribution in [-0.2, 0) is 9.53 Å². The van der Waals surface area contributed by atoms with E-state index in [1.165, 1.54) is 0 Å². The van der Waals surface area contributed by atoms with Crippen molar-refractivity contribution in [3.05, 3.63) is 24.3 Å². The van der Waals surface area contributed by atoms with Crippen LogP contribution in [0, 0.1) is 0 Å². The maximum absolute atomic E-state index is 11.7. The topological polar surface area (TPSA) is 75.6 Å². The van der Waals surface area contributed by atoms with Gasteiger partial charge >= 0.3 is 12.1 Å². The van der Waals surface area contributed by atoms with Gasteiger partial charge in [-0.3, -0.25) is 10.1 Å². The number of amides is 1. The van der Waals surface area contributed by atoms with Crippen molar-refractivity contribution in [1.82, 2.24) is 0 Å². The Morgan fingerprint density at radius 1 is 1.22 bits per heavy atom. The van der Waals surface area contributed by atoms with Crippen LogP contribution in [0.5, 0.6) is 0 Å². The minimum Gasteiger partial charge on any atom is -0.481 e. The molecule has 23 heavy (non-hydrogen) atoms. The van der Waals surface area contributed by atoms with Gasteiger partial charge in [0.1, 0.15) is 5.60 Å². The summed E-state index contributed by atoms with van der Waals surface area (Å²) in [6, 6.07) is 7.61. The Morgan fingerprint density at radius 3 is 2.61 bits per heavy atom. The van der Waals surface area contributed by atoms with Crippen LogP contribution in [-0.4, -0.2) is 28.5 Å². The highest BCUT2D eigenvalue weighted by Gasteiger charge is 2.16. The lowest BCUT2D eigenvalue weighted by Crippen LogP contribution is -2.27. The van der Waals surface area contributed by atoms with E-state index in [2.05, 4.69) is 5.32 Å². The molecule has 0 saturated heterocycles. The van der Waals surface area contributed by atoms with Crippen molar-refractivity contribution in [1.29, 1.82) is 0 Å². The minimum atomic E-state index is -0.737. The monoisotopic (exact) mass is 339 g/mol. The van der Waals surface area contributed by atoms with E-state index in [0.717, 1.165) is 29.9 Å². The van der Waals surface area contributed by atoms with Crippen molar-refractivity contribution in [2.75, 3.05) is 11.1 Å². The molecule has 0 unspecified atom stereocenters. The van der Waals surface area contributed by atoms with Gasteiger partial charge in [0.15, 0.2) is 0 Å². The standard InChI is InChI=1S/C17H25NO4S/c1-17(2,3)22-16(21)18-13-8-7-9-14(12-13)23-11-6-4-5-10-15(19)20/h7-9,12H,4-6,10-11H2,1-3H3,(H,18,21)(H,19,20). The van der Waals surface area contributed by atoms with E-state index in [9.17, 15) is 9.59 Å². The van der Waals surface area contributed by atoms with E-state index in [4.69, 9.17) is 9.84 Å². The fraction of sp³-hybridized carbons (Fsp3) is 0.529. The van der Waals surface area contributed by atoms with Gasteiger partial charge in [-0.05, 0) is 57.6 Å². The van der Waals surface area contributed by atoms with Gasteiger partial charge in [-0.15, -0.1) is 11.8 Å². The molecule has 128 valence electrons. The summed E-state index contributed by atoms with van der Waals surface area (Å²) in [6.07, 6.45) is 2.38. The number of carboxylic acids is 1. The number of hydrogen-bond acceptors (Lipinski definition) is 4. The van der Waals surface area contributed by atoms with Gasteiger partial charge in [-0.1, -0.05) is 12.5 Å². The number of rotatable bonds is 8. The predicted octanol–water partition coefficient (Wildman–Crippen LogP) is 4.77. The second-order valence-electron chi connectivity index (χ2n) is 6.21. The Balaban J connectivity index is 2.36. The predicted molar refractivity (Wildman–Crippen MR) is 93.1 cm³/mol. The summed E-state index contributed by atoms with van der Waals surface area (Å²) in [4.78, 5) is 23.2. The van der Waals surface area contributed by atoms with Gasteiger partial charge < -0.3 is 9.84 Å². The number of anilines is 1. The molecule has 5 nitrogen and oxygen atoms in total. The Hall–Kier alpha value is -1.69. The molecule has 0 atom stereocenters. The summed E-state index contributed by atoms with van der Waals surface area (Å²) in [6.45, 7) is 5.47. The number of aliphatic carboxylic acids is 1. The van der Waals surface area contributed by atoms with Gasteiger partial charge in [0.05, 0.1) is 0 Å². The first-order chi connectivity index (χ1) is 10.8. The summed E-state index contributed by atoms with van der Waals surface area (Å²) >= 11 is 1.69. The second kappa shape index (κ2) is 9.45. The number of thioether (sulfide) groups is 1. The molecule has 2 N–H and O–H groups in total. The summed E-state index contributed by atoms with van der Waals surface area (Å²) < 4.78 is 5.22. The van der Waals surface area contributed by atoms with Gasteiger partial charge in [-0.25, -0.2) is 4.79 Å². The van der Waals surface area contributed by atoms with Crippen LogP contribution in [0.25, 0.3) is 0 Å².